The van der Waals surface area contributed by atoms with Crippen molar-refractivity contribution in [3.05, 3.63) is 54.1 Å². The number of carbonyl (C=O) groups is 1. The van der Waals surface area contributed by atoms with Crippen LogP contribution in [0.5, 0.6) is 0 Å². The first kappa shape index (κ1) is 21.8. The van der Waals surface area contributed by atoms with E-state index >= 15 is 0 Å². The number of rotatable bonds is 5. The van der Waals surface area contributed by atoms with Crippen LogP contribution >= 0.6 is 0 Å². The van der Waals surface area contributed by atoms with E-state index in [1.165, 1.54) is 0 Å². The molecule has 1 saturated heterocycles. The lowest BCUT2D eigenvalue weighted by Gasteiger charge is -2.41. The molecule has 0 aliphatic carbocycles. The number of nitrogens with one attached hydrogen (secondary N) is 2. The lowest BCUT2D eigenvalue weighted by Crippen LogP contribution is -2.53. The fourth-order valence-corrected chi connectivity index (χ4v) is 3.01. The molecular weight excluding hydrogens is 395 g/mol. The molecule has 0 bridgehead atoms. The van der Waals surface area contributed by atoms with Gasteiger partial charge in [0.05, 0.1) is 5.92 Å². The summed E-state index contributed by atoms with van der Waals surface area (Å²) in [4.78, 5) is 13.4. The number of hydrogen-bond donors (Lipinski definition) is 2. The molecule has 1 fully saturated rings. The van der Waals surface area contributed by atoms with Gasteiger partial charge in [0.2, 0.25) is 0 Å². The first-order chi connectivity index (χ1) is 14.0. The Hall–Kier alpha value is -2.90. The minimum Gasteiger partial charge on any atom is -0.444 e. The van der Waals surface area contributed by atoms with Gasteiger partial charge in [0.25, 0.3) is 0 Å². The van der Waals surface area contributed by atoms with Crippen LogP contribution in [0.4, 0.5) is 35.0 Å². The average Bonchev–Trinajstić information content (AvgIpc) is 2.59. The zero-order chi connectivity index (χ0) is 21.9. The van der Waals surface area contributed by atoms with Gasteiger partial charge in [-0.25, -0.2) is 4.79 Å². The lowest BCUT2D eigenvalue weighted by molar-refractivity contribution is -0.180. The van der Waals surface area contributed by atoms with Gasteiger partial charge in [-0.3, -0.25) is 0 Å². The second kappa shape index (κ2) is 8.45. The molecule has 1 aliphatic heterocycles. The van der Waals surface area contributed by atoms with Crippen molar-refractivity contribution >= 4 is 23.2 Å². The second-order valence-corrected chi connectivity index (χ2v) is 8.37. The molecule has 2 aromatic rings. The summed E-state index contributed by atoms with van der Waals surface area (Å²) in [5, 5.41) is 5.96. The Labute approximate surface area is 174 Å². The van der Waals surface area contributed by atoms with E-state index in [4.69, 9.17) is 4.74 Å². The van der Waals surface area contributed by atoms with E-state index in [0.717, 1.165) is 22.6 Å². The SMILES string of the molecule is CC(C)(C)OC(=O)NCc1ccc(Nc2ccc(N3CC(C(F)(F)F)C3)cc2)cc1. The summed E-state index contributed by atoms with van der Waals surface area (Å²) < 4.78 is 43.0. The van der Waals surface area contributed by atoms with Crippen molar-refractivity contribution in [2.45, 2.75) is 39.1 Å². The molecule has 0 radical (unpaired) electrons. The second-order valence-electron chi connectivity index (χ2n) is 8.37. The van der Waals surface area contributed by atoms with Gasteiger partial charge in [-0.2, -0.15) is 13.2 Å². The van der Waals surface area contributed by atoms with Gasteiger partial charge in [0.15, 0.2) is 0 Å². The molecule has 1 heterocycles. The smallest absolute Gasteiger partial charge is 0.407 e. The number of carbonyl (C=O) groups excluding carboxylic acids is 1. The highest BCUT2D eigenvalue weighted by molar-refractivity contribution is 5.68. The third-order valence-electron chi connectivity index (χ3n) is 4.66. The zero-order valence-electron chi connectivity index (χ0n) is 17.2. The Kier molecular flexibility index (Phi) is 6.14. The van der Waals surface area contributed by atoms with Gasteiger partial charge in [-0.15, -0.1) is 0 Å². The van der Waals surface area contributed by atoms with Crippen molar-refractivity contribution < 1.29 is 22.7 Å². The summed E-state index contributed by atoms with van der Waals surface area (Å²) in [5.41, 5.74) is 2.88. The van der Waals surface area contributed by atoms with Crippen molar-refractivity contribution in [2.24, 2.45) is 5.92 Å². The molecule has 162 valence electrons. The Balaban J connectivity index is 1.48. The summed E-state index contributed by atoms with van der Waals surface area (Å²) >= 11 is 0. The molecule has 0 aromatic heterocycles. The van der Waals surface area contributed by atoms with E-state index in [0.29, 0.717) is 6.54 Å². The van der Waals surface area contributed by atoms with Crippen molar-refractivity contribution in [2.75, 3.05) is 23.3 Å². The standard InChI is InChI=1S/C22H26F3N3O2/c1-21(2,3)30-20(29)26-12-15-4-6-17(7-5-15)27-18-8-10-19(11-9-18)28-13-16(14-28)22(23,24)25/h4-11,16,27H,12-14H2,1-3H3,(H,26,29). The van der Waals surface area contributed by atoms with E-state index in [9.17, 15) is 18.0 Å². The van der Waals surface area contributed by atoms with E-state index in [-0.39, 0.29) is 13.1 Å². The predicted molar refractivity (Wildman–Crippen MR) is 111 cm³/mol. The Morgan fingerprint density at radius 1 is 1.00 bits per heavy atom. The molecule has 2 N–H and O–H groups in total. The van der Waals surface area contributed by atoms with Crippen LogP contribution in [0.25, 0.3) is 0 Å². The normalized spacial score (nSPS) is 14.8. The number of alkyl halides is 3. The van der Waals surface area contributed by atoms with Gasteiger partial charge >= 0.3 is 12.3 Å². The summed E-state index contributed by atoms with van der Waals surface area (Å²) in [6.45, 7) is 5.80. The molecule has 1 aliphatic rings. The minimum atomic E-state index is -4.12. The molecule has 5 nitrogen and oxygen atoms in total. The average molecular weight is 421 g/mol. The number of hydrogen-bond acceptors (Lipinski definition) is 4. The minimum absolute atomic E-state index is 0.00900. The Morgan fingerprint density at radius 2 is 1.53 bits per heavy atom. The van der Waals surface area contributed by atoms with Crippen LogP contribution in [0.3, 0.4) is 0 Å². The number of halogens is 3. The van der Waals surface area contributed by atoms with Gasteiger partial charge in [0, 0.05) is 36.7 Å². The fraction of sp³-hybridized carbons (Fsp3) is 0.409. The first-order valence-electron chi connectivity index (χ1n) is 9.74. The number of amides is 1. The summed E-state index contributed by atoms with van der Waals surface area (Å²) in [6, 6.07) is 14.9. The predicted octanol–water partition coefficient (Wildman–Crippen LogP) is 5.45. The molecule has 0 unspecified atom stereocenters. The number of alkyl carbamates (subject to hydrolysis) is 1. The molecule has 30 heavy (non-hydrogen) atoms. The third-order valence-corrected chi connectivity index (χ3v) is 4.66. The van der Waals surface area contributed by atoms with Gasteiger partial charge < -0.3 is 20.3 Å². The van der Waals surface area contributed by atoms with E-state index < -0.39 is 23.8 Å². The number of anilines is 3. The highest BCUT2D eigenvalue weighted by Crippen LogP contribution is 2.36. The summed E-state index contributed by atoms with van der Waals surface area (Å²) in [6.07, 6.45) is -4.58. The summed E-state index contributed by atoms with van der Waals surface area (Å²) in [7, 11) is 0. The largest absolute Gasteiger partial charge is 0.444 e. The molecule has 0 saturated carbocycles. The molecular formula is C22H26F3N3O2. The highest BCUT2D eigenvalue weighted by Gasteiger charge is 2.47. The maximum Gasteiger partial charge on any atom is 0.407 e. The lowest BCUT2D eigenvalue weighted by atomic mass is 9.98. The Bertz CT molecular complexity index is 853. The first-order valence-corrected chi connectivity index (χ1v) is 9.74. The molecule has 8 heteroatoms. The molecule has 1 amide bonds. The maximum atomic E-state index is 12.6. The van der Waals surface area contributed by atoms with Crippen LogP contribution in [0.1, 0.15) is 26.3 Å². The highest BCUT2D eigenvalue weighted by atomic mass is 19.4. The van der Waals surface area contributed by atoms with E-state index in [1.54, 1.807) is 4.90 Å². The fourth-order valence-electron chi connectivity index (χ4n) is 3.01. The van der Waals surface area contributed by atoms with Crippen LogP contribution in [0.15, 0.2) is 48.5 Å². The van der Waals surface area contributed by atoms with Crippen molar-refractivity contribution in [1.29, 1.82) is 0 Å². The van der Waals surface area contributed by atoms with Gasteiger partial charge in [-0.1, -0.05) is 12.1 Å². The van der Waals surface area contributed by atoms with Gasteiger partial charge in [-0.05, 0) is 62.7 Å². The quantitative estimate of drug-likeness (QED) is 0.674. The molecule has 0 spiro atoms. The van der Waals surface area contributed by atoms with Crippen molar-refractivity contribution in [1.82, 2.24) is 5.32 Å². The van der Waals surface area contributed by atoms with Crippen LogP contribution in [0, 0.1) is 5.92 Å². The third kappa shape index (κ3) is 6.05. The van der Waals surface area contributed by atoms with Crippen LogP contribution in [0.2, 0.25) is 0 Å². The number of benzene rings is 2. The van der Waals surface area contributed by atoms with Crippen LogP contribution < -0.4 is 15.5 Å². The number of ether oxygens (including phenoxy) is 1. The zero-order valence-corrected chi connectivity index (χ0v) is 17.2. The Morgan fingerprint density at radius 3 is 2.03 bits per heavy atom. The molecule has 0 atom stereocenters. The maximum absolute atomic E-state index is 12.6. The summed E-state index contributed by atoms with van der Waals surface area (Å²) in [5.74, 6) is -1.24. The van der Waals surface area contributed by atoms with E-state index in [2.05, 4.69) is 10.6 Å². The molecule has 2 aromatic carbocycles. The van der Waals surface area contributed by atoms with E-state index in [1.807, 2.05) is 69.3 Å². The number of nitrogens with zero attached hydrogens (tertiary/aromatic N) is 1. The van der Waals surface area contributed by atoms with Crippen molar-refractivity contribution in [3.63, 3.8) is 0 Å². The van der Waals surface area contributed by atoms with Crippen LogP contribution in [-0.4, -0.2) is 31.0 Å². The van der Waals surface area contributed by atoms with Gasteiger partial charge in [0.1, 0.15) is 5.60 Å². The monoisotopic (exact) mass is 421 g/mol. The molecule has 3 rings (SSSR count). The topological polar surface area (TPSA) is 53.6 Å². The van der Waals surface area contributed by atoms with Crippen LogP contribution in [-0.2, 0) is 11.3 Å². The van der Waals surface area contributed by atoms with Crippen molar-refractivity contribution in [3.8, 4) is 0 Å².